The van der Waals surface area contributed by atoms with Crippen LogP contribution in [0.1, 0.15) is 49.9 Å². The molecule has 0 atom stereocenters. The Balaban J connectivity index is 0.712. The van der Waals surface area contributed by atoms with Crippen molar-refractivity contribution in [3.63, 3.8) is 0 Å². The number of nitrogens with zero attached hydrogens (tertiary/aromatic N) is 2. The second-order valence-corrected chi connectivity index (χ2v) is 23.5. The fourth-order valence-electron chi connectivity index (χ4n) is 15.3. The molecule has 2 aromatic heterocycles. The lowest BCUT2D eigenvalue weighted by atomic mass is 9.79. The zero-order chi connectivity index (χ0) is 51.5. The van der Waals surface area contributed by atoms with Crippen LogP contribution in [-0.4, -0.2) is 9.97 Å². The van der Waals surface area contributed by atoms with Gasteiger partial charge in [0.25, 0.3) is 0 Å². The summed E-state index contributed by atoms with van der Waals surface area (Å²) in [6, 6.07) is 78.8. The SMILES string of the molecule is CC1(C)c2cc(-c3ccc4c(c3)C(C)(C)c3cc(-c5cc6c7cccc8c7c(cc6c6ccccc56)-c5ncccc5-8)ccc3-4)ccc2-c2ccc(-c3cc4c5cccc6c5c(cc4c4ccccc34)-c3ncccc3-6)cc21. The normalized spacial score (nSPS) is 14.4. The molecule has 0 unspecified atom stereocenters. The number of fused-ring (bicyclic) bond motifs is 20. The number of hydrogen-bond acceptors (Lipinski definition) is 2. The van der Waals surface area contributed by atoms with E-state index in [9.17, 15) is 0 Å². The van der Waals surface area contributed by atoms with Crippen molar-refractivity contribution < 1.29 is 0 Å². The Kier molecular flexibility index (Phi) is 8.05. The van der Waals surface area contributed by atoms with Crippen molar-refractivity contribution in [3.05, 3.63) is 241 Å². The lowest BCUT2D eigenvalue weighted by Gasteiger charge is -2.24. The van der Waals surface area contributed by atoms with Crippen LogP contribution >= 0.6 is 0 Å². The average molecular weight is 989 g/mol. The van der Waals surface area contributed by atoms with E-state index in [1.807, 2.05) is 12.4 Å². The lowest BCUT2D eigenvalue weighted by Crippen LogP contribution is -2.15. The summed E-state index contributed by atoms with van der Waals surface area (Å²) in [5.41, 5.74) is 27.6. The fraction of sp³-hybridized carbons (Fsp3) is 0.0789. The zero-order valence-electron chi connectivity index (χ0n) is 43.7. The van der Waals surface area contributed by atoms with Crippen LogP contribution in [0.25, 0.3) is 165 Å². The summed E-state index contributed by atoms with van der Waals surface area (Å²) >= 11 is 0. The molecule has 0 N–H and O–H groups in total. The molecule has 14 aromatic rings. The van der Waals surface area contributed by atoms with Crippen LogP contribution in [0.2, 0.25) is 0 Å². The molecule has 4 aliphatic carbocycles. The van der Waals surface area contributed by atoms with E-state index in [0.717, 1.165) is 11.4 Å². The first-order valence-electron chi connectivity index (χ1n) is 27.5. The molecule has 78 heavy (non-hydrogen) atoms. The number of rotatable bonds is 3. The van der Waals surface area contributed by atoms with Gasteiger partial charge in [0.05, 0.1) is 11.4 Å². The maximum absolute atomic E-state index is 4.90. The Bertz CT molecular complexity index is 4820. The molecule has 362 valence electrons. The maximum atomic E-state index is 4.90. The van der Waals surface area contributed by atoms with Gasteiger partial charge in [-0.15, -0.1) is 0 Å². The van der Waals surface area contributed by atoms with E-state index in [1.165, 1.54) is 176 Å². The van der Waals surface area contributed by atoms with E-state index in [-0.39, 0.29) is 10.8 Å². The van der Waals surface area contributed by atoms with Gasteiger partial charge in [-0.1, -0.05) is 173 Å². The third-order valence-electron chi connectivity index (χ3n) is 19.0. The van der Waals surface area contributed by atoms with Crippen molar-refractivity contribution in [2.75, 3.05) is 0 Å². The van der Waals surface area contributed by atoms with E-state index in [1.54, 1.807) is 0 Å². The van der Waals surface area contributed by atoms with Crippen LogP contribution in [0, 0.1) is 0 Å². The molecular formula is C76H48N2. The molecule has 0 saturated heterocycles. The van der Waals surface area contributed by atoms with Crippen LogP contribution in [0.3, 0.4) is 0 Å². The minimum absolute atomic E-state index is 0.206. The van der Waals surface area contributed by atoms with Gasteiger partial charge >= 0.3 is 0 Å². The smallest absolute Gasteiger partial charge is 0.0787 e. The molecule has 2 nitrogen and oxygen atoms in total. The molecular weight excluding hydrogens is 941 g/mol. The summed E-state index contributed by atoms with van der Waals surface area (Å²) in [7, 11) is 0. The van der Waals surface area contributed by atoms with E-state index >= 15 is 0 Å². The Hall–Kier alpha value is -9.50. The number of benzene rings is 12. The predicted molar refractivity (Wildman–Crippen MR) is 327 cm³/mol. The summed E-state index contributed by atoms with van der Waals surface area (Å²) in [4.78, 5) is 9.81. The summed E-state index contributed by atoms with van der Waals surface area (Å²) in [5.74, 6) is 0. The Morgan fingerprint density at radius 2 is 0.564 bits per heavy atom. The summed E-state index contributed by atoms with van der Waals surface area (Å²) in [6.45, 7) is 9.68. The Morgan fingerprint density at radius 1 is 0.231 bits per heavy atom. The van der Waals surface area contributed by atoms with E-state index in [4.69, 9.17) is 9.97 Å². The molecule has 2 heterocycles. The summed E-state index contributed by atoms with van der Waals surface area (Å²) < 4.78 is 0. The predicted octanol–water partition coefficient (Wildman–Crippen LogP) is 20.3. The maximum Gasteiger partial charge on any atom is 0.0787 e. The lowest BCUT2D eigenvalue weighted by molar-refractivity contribution is 0.660. The van der Waals surface area contributed by atoms with Gasteiger partial charge in [0.15, 0.2) is 0 Å². The van der Waals surface area contributed by atoms with Crippen molar-refractivity contribution >= 4 is 64.6 Å². The first-order valence-corrected chi connectivity index (χ1v) is 27.5. The van der Waals surface area contributed by atoms with Gasteiger partial charge in [-0.05, 0) is 214 Å². The monoisotopic (exact) mass is 988 g/mol. The van der Waals surface area contributed by atoms with Gasteiger partial charge in [0.1, 0.15) is 0 Å². The molecule has 0 bridgehead atoms. The third-order valence-corrected chi connectivity index (χ3v) is 19.0. The minimum atomic E-state index is -0.206. The van der Waals surface area contributed by atoms with Crippen molar-refractivity contribution in [1.29, 1.82) is 0 Å². The Morgan fingerprint density at radius 3 is 0.987 bits per heavy atom. The fourth-order valence-corrected chi connectivity index (χ4v) is 15.3. The summed E-state index contributed by atoms with van der Waals surface area (Å²) in [6.07, 6.45) is 3.85. The number of hydrogen-bond donors (Lipinski definition) is 0. The van der Waals surface area contributed by atoms with Crippen molar-refractivity contribution in [2.24, 2.45) is 0 Å². The van der Waals surface area contributed by atoms with Crippen molar-refractivity contribution in [1.82, 2.24) is 9.97 Å². The average Bonchev–Trinajstić information content (AvgIpc) is 4.32. The largest absolute Gasteiger partial charge is 0.256 e. The molecule has 12 aromatic carbocycles. The molecule has 0 spiro atoms. The van der Waals surface area contributed by atoms with Gasteiger partial charge in [0, 0.05) is 45.5 Å². The van der Waals surface area contributed by atoms with Crippen LogP contribution < -0.4 is 0 Å². The molecule has 0 aliphatic heterocycles. The van der Waals surface area contributed by atoms with E-state index in [2.05, 4.69) is 234 Å². The van der Waals surface area contributed by atoms with Crippen LogP contribution in [0.5, 0.6) is 0 Å². The van der Waals surface area contributed by atoms with Gasteiger partial charge in [0.2, 0.25) is 0 Å². The molecule has 0 radical (unpaired) electrons. The molecule has 0 amide bonds. The number of aromatic nitrogens is 2. The standard InChI is InChI=1S/C76H48N2/c1-75(2)67-33-41(23-27-49(67)51-29-25-43(35-69(51)75)59-37-63-55-19-9-17-53-57-21-11-31-77-73(57)65(71(53)55)39-61(63)47-15-7-5-13-45(47)59)42-24-28-50-52-30-26-44(36-70(52)76(3,4)68(50)34-42)60-38-64-56-20-10-18-54-58-22-12-32-78-74(58)66(72(54)56)40-62(64)48-16-8-6-14-46(48)60/h5-40H,1-4H3. The highest BCUT2D eigenvalue weighted by molar-refractivity contribution is 6.30. The minimum Gasteiger partial charge on any atom is -0.256 e. The topological polar surface area (TPSA) is 25.8 Å². The molecule has 0 saturated carbocycles. The van der Waals surface area contributed by atoms with E-state index in [0.29, 0.717) is 0 Å². The first-order chi connectivity index (χ1) is 38.2. The van der Waals surface area contributed by atoms with Gasteiger partial charge in [-0.3, -0.25) is 9.97 Å². The van der Waals surface area contributed by atoms with E-state index < -0.39 is 0 Å². The molecule has 2 heteroatoms. The van der Waals surface area contributed by atoms with Crippen LogP contribution in [0.15, 0.2) is 219 Å². The highest BCUT2D eigenvalue weighted by Gasteiger charge is 2.39. The highest BCUT2D eigenvalue weighted by atomic mass is 14.7. The highest BCUT2D eigenvalue weighted by Crippen LogP contribution is 2.56. The molecule has 0 fully saturated rings. The molecule has 18 rings (SSSR count). The second-order valence-electron chi connectivity index (χ2n) is 23.5. The summed E-state index contributed by atoms with van der Waals surface area (Å²) in [5, 5.41) is 15.4. The first kappa shape index (κ1) is 42.7. The van der Waals surface area contributed by atoms with Crippen molar-refractivity contribution in [2.45, 2.75) is 38.5 Å². The van der Waals surface area contributed by atoms with Gasteiger partial charge < -0.3 is 0 Å². The van der Waals surface area contributed by atoms with Gasteiger partial charge in [-0.2, -0.15) is 0 Å². The van der Waals surface area contributed by atoms with Gasteiger partial charge in [-0.25, -0.2) is 0 Å². The van der Waals surface area contributed by atoms with Crippen molar-refractivity contribution in [3.8, 4) is 100 Å². The molecule has 4 aliphatic rings. The number of pyridine rings is 2. The van der Waals surface area contributed by atoms with Crippen LogP contribution in [-0.2, 0) is 10.8 Å². The second kappa shape index (κ2) is 14.7. The quantitative estimate of drug-likeness (QED) is 0.165. The third kappa shape index (κ3) is 5.37. The van der Waals surface area contributed by atoms with Crippen LogP contribution in [0.4, 0.5) is 0 Å². The Labute approximate surface area is 452 Å². The zero-order valence-corrected chi connectivity index (χ0v) is 43.7.